The molecule has 0 amide bonds. The van der Waals surface area contributed by atoms with Gasteiger partial charge < -0.3 is 0 Å². The second-order valence-electron chi connectivity index (χ2n) is 6.36. The molecule has 0 aromatic heterocycles. The molecule has 4 aromatic carbocycles. The predicted molar refractivity (Wildman–Crippen MR) is 113 cm³/mol. The first kappa shape index (κ1) is 25.0. The second kappa shape index (κ2) is 10.4. The van der Waals surface area contributed by atoms with Crippen LogP contribution in [0.5, 0.6) is 0 Å². The van der Waals surface area contributed by atoms with Gasteiger partial charge in [-0.2, -0.15) is 0 Å². The third kappa shape index (κ3) is 5.34. The Bertz CT molecular complexity index is 1310. The molecule has 0 atom stereocenters. The van der Waals surface area contributed by atoms with Crippen molar-refractivity contribution in [2.24, 2.45) is 0 Å². The van der Waals surface area contributed by atoms with Gasteiger partial charge in [0.2, 0.25) is 10.0 Å². The minimum absolute atomic E-state index is 0. The van der Waals surface area contributed by atoms with Gasteiger partial charge in [0.15, 0.2) is 8.46 Å². The van der Waals surface area contributed by atoms with Gasteiger partial charge in [-0.05, 0) is 33.7 Å². The molecule has 29 heavy (non-hydrogen) atoms. The Labute approximate surface area is 231 Å². The maximum atomic E-state index is 12.0. The minimum atomic E-state index is -3.48. The maximum Gasteiger partial charge on any atom is 0.229 e. The van der Waals surface area contributed by atoms with Crippen LogP contribution in [0.2, 0.25) is 0 Å². The van der Waals surface area contributed by atoms with E-state index in [-0.39, 0.29) is 83.9 Å². The Morgan fingerprint density at radius 1 is 0.724 bits per heavy atom. The number of benzene rings is 4. The third-order valence-corrected chi connectivity index (χ3v) is 5.64. The number of anilines is 1. The number of rotatable bonds is 4. The quantitative estimate of drug-likeness (QED) is 0.427. The smallest absolute Gasteiger partial charge is 0.229 e. The van der Waals surface area contributed by atoms with Crippen LogP contribution in [0, 0.1) is 75.5 Å². The van der Waals surface area contributed by atoms with Crippen molar-refractivity contribution in [2.45, 2.75) is 0 Å². The van der Waals surface area contributed by atoms with E-state index in [1.54, 1.807) is 6.07 Å². The van der Waals surface area contributed by atoms with Gasteiger partial charge in [-0.3, -0.25) is 9.29 Å². The topological polar surface area (TPSA) is 63.2 Å². The molecule has 1 N–H and O–H groups in total. The Morgan fingerprint density at radius 2 is 1.24 bits per heavy atom. The van der Waals surface area contributed by atoms with E-state index in [1.165, 1.54) is 0 Å². The molecule has 4 aromatic rings. The summed E-state index contributed by atoms with van der Waals surface area (Å²) in [6.45, 7) is 0. The van der Waals surface area contributed by atoms with Gasteiger partial charge in [0.25, 0.3) is 0 Å². The molecule has 0 bridgehead atoms. The molecule has 0 aliphatic rings. The van der Waals surface area contributed by atoms with E-state index in [4.69, 9.17) is 0 Å². The zero-order chi connectivity index (χ0) is 19.0. The molecule has 0 saturated carbocycles. The molecule has 4 nitrogen and oxygen atoms in total. The largest absolute Gasteiger partial charge is 0.283 e. The zero-order valence-corrected chi connectivity index (χ0v) is 18.3. The van der Waals surface area contributed by atoms with Crippen LogP contribution in [-0.2, 0) is 14.6 Å². The van der Waals surface area contributed by atoms with Gasteiger partial charge in [0, 0.05) is 86.6 Å². The Kier molecular flexibility index (Phi) is 8.97. The average molecular weight is 473 g/mol. The SMILES string of the molecule is CS(=O)(=O)Nc1ccc2ccccc2c1-c1c(P=O)ccc2ccccc12.[Ar].[Ar]. The molecule has 0 heterocycles. The summed E-state index contributed by atoms with van der Waals surface area (Å²) in [5.74, 6) is 0. The first-order valence-electron chi connectivity index (χ1n) is 8.33. The molecule has 0 unspecified atom stereocenters. The monoisotopic (exact) mass is 473 g/mol. The summed E-state index contributed by atoms with van der Waals surface area (Å²) in [7, 11) is -3.60. The molecular formula is C21H16Ar2NO3PS. The summed E-state index contributed by atoms with van der Waals surface area (Å²) in [6.07, 6.45) is 1.13. The number of hydrogen-bond donors (Lipinski definition) is 1. The van der Waals surface area contributed by atoms with Crippen LogP contribution in [0.1, 0.15) is 0 Å². The molecule has 8 heteroatoms. The molecule has 0 saturated heterocycles. The van der Waals surface area contributed by atoms with Crippen molar-refractivity contribution >= 4 is 51.0 Å². The van der Waals surface area contributed by atoms with Crippen molar-refractivity contribution in [2.75, 3.05) is 11.0 Å². The maximum absolute atomic E-state index is 12.0. The van der Waals surface area contributed by atoms with Crippen LogP contribution in [0.15, 0.2) is 72.8 Å². The fraction of sp³-hybridized carbons (Fsp3) is 0.0476. The van der Waals surface area contributed by atoms with Gasteiger partial charge >= 0.3 is 0 Å². The third-order valence-electron chi connectivity index (χ3n) is 4.48. The van der Waals surface area contributed by atoms with Gasteiger partial charge in [0.1, 0.15) is 0 Å². The molecule has 0 fully saturated rings. The first-order chi connectivity index (χ1) is 13.0. The van der Waals surface area contributed by atoms with Crippen molar-refractivity contribution in [3.05, 3.63) is 72.8 Å². The van der Waals surface area contributed by atoms with Crippen molar-refractivity contribution in [1.29, 1.82) is 0 Å². The van der Waals surface area contributed by atoms with E-state index in [0.717, 1.165) is 38.9 Å². The second-order valence-corrected chi connectivity index (χ2v) is 8.77. The van der Waals surface area contributed by atoms with Crippen molar-refractivity contribution in [1.82, 2.24) is 0 Å². The van der Waals surface area contributed by atoms with Crippen LogP contribution < -0.4 is 10.0 Å². The van der Waals surface area contributed by atoms with E-state index in [2.05, 4.69) is 4.72 Å². The molecule has 150 valence electrons. The summed E-state index contributed by atoms with van der Waals surface area (Å²) in [5.41, 5.74) is 1.97. The minimum Gasteiger partial charge on any atom is -0.283 e. The van der Waals surface area contributed by atoms with Gasteiger partial charge in [-0.25, -0.2) is 8.42 Å². The fourth-order valence-electron chi connectivity index (χ4n) is 3.42. The summed E-state index contributed by atoms with van der Waals surface area (Å²) in [6, 6.07) is 23.0. The average Bonchev–Trinajstić information content (AvgIpc) is 2.66. The van der Waals surface area contributed by atoms with Crippen molar-refractivity contribution in [3.63, 3.8) is 0 Å². The van der Waals surface area contributed by atoms with Crippen LogP contribution in [0.25, 0.3) is 32.7 Å². The van der Waals surface area contributed by atoms with Gasteiger partial charge in [-0.15, -0.1) is 0 Å². The molecule has 0 spiro atoms. The van der Waals surface area contributed by atoms with Crippen LogP contribution in [0.4, 0.5) is 5.69 Å². The summed E-state index contributed by atoms with van der Waals surface area (Å²) in [4.78, 5) is 0. The Hall–Kier alpha value is -0.231. The van der Waals surface area contributed by atoms with E-state index >= 15 is 0 Å². The number of fused-ring (bicyclic) bond motifs is 2. The molecule has 0 radical (unpaired) electrons. The number of hydrogen-bond acceptors (Lipinski definition) is 3. The molecule has 4 rings (SSSR count). The number of sulfonamides is 1. The van der Waals surface area contributed by atoms with E-state index in [0.29, 0.717) is 11.0 Å². The van der Waals surface area contributed by atoms with Gasteiger partial charge in [0.05, 0.1) is 17.2 Å². The van der Waals surface area contributed by atoms with Crippen molar-refractivity contribution < 1.29 is 88.5 Å². The Balaban J connectivity index is 0.00000150. The van der Waals surface area contributed by atoms with Crippen LogP contribution in [-0.4, -0.2) is 14.7 Å². The van der Waals surface area contributed by atoms with Gasteiger partial charge in [-0.1, -0.05) is 60.7 Å². The fourth-order valence-corrected chi connectivity index (χ4v) is 4.45. The Morgan fingerprint density at radius 3 is 1.79 bits per heavy atom. The number of nitrogens with one attached hydrogen (secondary N) is 1. The summed E-state index contributed by atoms with van der Waals surface area (Å²) in [5, 5.41) is 4.41. The van der Waals surface area contributed by atoms with Crippen LogP contribution in [0.3, 0.4) is 0 Å². The molecule has 0 aliphatic carbocycles. The van der Waals surface area contributed by atoms with Crippen molar-refractivity contribution in [3.8, 4) is 11.1 Å². The van der Waals surface area contributed by atoms with E-state index < -0.39 is 10.0 Å². The van der Waals surface area contributed by atoms with Crippen LogP contribution >= 0.6 is 8.46 Å². The normalized spacial score (nSPS) is 11.1. The zero-order valence-electron chi connectivity index (χ0n) is 15.2. The van der Waals surface area contributed by atoms with E-state index in [9.17, 15) is 13.0 Å². The predicted octanol–water partition coefficient (Wildman–Crippen LogP) is 4.95. The first-order valence-corrected chi connectivity index (χ1v) is 11.0. The molecule has 0 aliphatic heterocycles. The van der Waals surface area contributed by atoms with E-state index in [1.807, 2.05) is 66.7 Å². The summed E-state index contributed by atoms with van der Waals surface area (Å²) >= 11 is 0. The summed E-state index contributed by atoms with van der Waals surface area (Å²) < 4.78 is 38.5. The molecular weight excluding hydrogens is 457 g/mol. The standard InChI is InChI=1S/C21H16NO3PS.2Ar/c1-27(24,25)22-18-12-10-14-6-2-4-8-16(14)20(18)21-17-9-5-3-7-15(17)11-13-19(21)26-23;;/h2-13,22H,1H3;;.